The van der Waals surface area contributed by atoms with E-state index in [4.69, 9.17) is 4.74 Å². The van der Waals surface area contributed by atoms with E-state index in [1.165, 1.54) is 5.56 Å². The Kier molecular flexibility index (Phi) is 3.03. The molecular formula is C13H17NO3S. The third kappa shape index (κ3) is 2.52. The van der Waals surface area contributed by atoms with Gasteiger partial charge in [0.2, 0.25) is 10.0 Å². The Morgan fingerprint density at radius 1 is 1.11 bits per heavy atom. The first-order chi connectivity index (χ1) is 8.65. The lowest BCUT2D eigenvalue weighted by Gasteiger charge is -2.10. The van der Waals surface area contributed by atoms with Crippen LogP contribution in [0.1, 0.15) is 30.7 Å². The molecule has 18 heavy (non-hydrogen) atoms. The molecule has 2 aliphatic rings. The average Bonchev–Trinajstić information content (AvgIpc) is 3.08. The second-order valence-electron chi connectivity index (χ2n) is 5.03. The number of ether oxygens (including phenoxy) is 1. The summed E-state index contributed by atoms with van der Waals surface area (Å²) >= 11 is 0. The first-order valence-corrected chi connectivity index (χ1v) is 7.89. The highest BCUT2D eigenvalue weighted by Crippen LogP contribution is 2.30. The fraction of sp³-hybridized carbons (Fsp3) is 0.538. The zero-order chi connectivity index (χ0) is 12.6. The van der Waals surface area contributed by atoms with Gasteiger partial charge in [0.05, 0.1) is 11.9 Å². The van der Waals surface area contributed by atoms with Crippen molar-refractivity contribution in [1.29, 1.82) is 0 Å². The molecule has 1 saturated carbocycles. The molecule has 5 heteroatoms. The van der Waals surface area contributed by atoms with Gasteiger partial charge >= 0.3 is 0 Å². The maximum Gasteiger partial charge on any atom is 0.235 e. The summed E-state index contributed by atoms with van der Waals surface area (Å²) in [5.41, 5.74) is 1.88. The molecule has 0 spiro atoms. The summed E-state index contributed by atoms with van der Waals surface area (Å²) in [6.07, 6.45) is 2.62. The van der Waals surface area contributed by atoms with Gasteiger partial charge in [-0.15, -0.1) is 0 Å². The van der Waals surface area contributed by atoms with E-state index < -0.39 is 10.0 Å². The largest absolute Gasteiger partial charge is 0.381 e. The first kappa shape index (κ1) is 12.0. The molecule has 98 valence electrons. The second kappa shape index (κ2) is 4.55. The molecule has 1 heterocycles. The predicted molar refractivity (Wildman–Crippen MR) is 70.2 cm³/mol. The summed E-state index contributed by atoms with van der Waals surface area (Å²) in [4.78, 5) is 0. The normalized spacial score (nSPS) is 24.1. The summed E-state index contributed by atoms with van der Waals surface area (Å²) in [5, 5.41) is -0.180. The van der Waals surface area contributed by atoms with Crippen LogP contribution in [-0.2, 0) is 14.8 Å². The van der Waals surface area contributed by atoms with Gasteiger partial charge in [-0.05, 0) is 37.0 Å². The lowest BCUT2D eigenvalue weighted by Crippen LogP contribution is -2.17. The molecule has 1 atom stereocenters. The number of sulfonamides is 1. The summed E-state index contributed by atoms with van der Waals surface area (Å²) in [7, 11) is -3.15. The van der Waals surface area contributed by atoms with Gasteiger partial charge in [-0.1, -0.05) is 12.1 Å². The molecule has 3 rings (SSSR count). The van der Waals surface area contributed by atoms with Gasteiger partial charge in [-0.25, -0.2) is 8.42 Å². The van der Waals surface area contributed by atoms with Gasteiger partial charge in [0, 0.05) is 18.2 Å². The van der Waals surface area contributed by atoms with Crippen LogP contribution in [0.5, 0.6) is 0 Å². The highest BCUT2D eigenvalue weighted by molar-refractivity contribution is 7.93. The van der Waals surface area contributed by atoms with Gasteiger partial charge in [0.1, 0.15) is 0 Å². The number of nitrogens with one attached hydrogen (secondary N) is 1. The Hall–Kier alpha value is -1.07. The van der Waals surface area contributed by atoms with E-state index in [1.807, 2.05) is 24.3 Å². The molecule has 0 radical (unpaired) electrons. The second-order valence-corrected chi connectivity index (χ2v) is 6.99. The molecule has 1 aliphatic heterocycles. The molecule has 1 aromatic carbocycles. The van der Waals surface area contributed by atoms with Crippen molar-refractivity contribution in [3.8, 4) is 0 Å². The van der Waals surface area contributed by atoms with Gasteiger partial charge in [0.15, 0.2) is 0 Å². The van der Waals surface area contributed by atoms with Gasteiger partial charge in [-0.3, -0.25) is 4.72 Å². The minimum atomic E-state index is -3.15. The molecule has 0 unspecified atom stereocenters. The Morgan fingerprint density at radius 3 is 2.39 bits per heavy atom. The first-order valence-electron chi connectivity index (χ1n) is 6.34. The Bertz CT molecular complexity index is 514. The van der Waals surface area contributed by atoms with Crippen LogP contribution in [0.25, 0.3) is 0 Å². The van der Waals surface area contributed by atoms with E-state index in [0.717, 1.165) is 32.5 Å². The fourth-order valence-corrected chi connectivity index (χ4v) is 3.63. The van der Waals surface area contributed by atoms with Crippen molar-refractivity contribution >= 4 is 15.7 Å². The van der Waals surface area contributed by atoms with E-state index in [-0.39, 0.29) is 5.25 Å². The summed E-state index contributed by atoms with van der Waals surface area (Å²) in [5.74, 6) is 0.457. The zero-order valence-corrected chi connectivity index (χ0v) is 10.9. The van der Waals surface area contributed by atoms with Gasteiger partial charge < -0.3 is 4.74 Å². The number of rotatable bonds is 4. The van der Waals surface area contributed by atoms with Crippen molar-refractivity contribution in [3.63, 3.8) is 0 Å². The number of anilines is 1. The third-order valence-electron chi connectivity index (χ3n) is 3.54. The third-order valence-corrected chi connectivity index (χ3v) is 5.40. The molecule has 1 N–H and O–H groups in total. The van der Waals surface area contributed by atoms with Crippen LogP contribution in [0.3, 0.4) is 0 Å². The predicted octanol–water partition coefficient (Wildman–Crippen LogP) is 2.09. The van der Waals surface area contributed by atoms with Crippen LogP contribution in [0, 0.1) is 0 Å². The highest BCUT2D eigenvalue weighted by Gasteiger charge is 2.35. The van der Waals surface area contributed by atoms with Crippen LogP contribution in [-0.4, -0.2) is 26.9 Å². The maximum atomic E-state index is 11.8. The molecule has 0 amide bonds. The van der Waals surface area contributed by atoms with Gasteiger partial charge in [0.25, 0.3) is 0 Å². The molecular weight excluding hydrogens is 250 g/mol. The molecule has 4 nitrogen and oxygen atoms in total. The Balaban J connectivity index is 1.70. The molecule has 2 fully saturated rings. The number of benzene rings is 1. The number of hydrogen-bond donors (Lipinski definition) is 1. The van der Waals surface area contributed by atoms with Crippen LogP contribution < -0.4 is 4.72 Å². The maximum absolute atomic E-state index is 11.8. The number of hydrogen-bond acceptors (Lipinski definition) is 3. The minimum Gasteiger partial charge on any atom is -0.381 e. The molecule has 1 saturated heterocycles. The highest BCUT2D eigenvalue weighted by atomic mass is 32.2. The smallest absolute Gasteiger partial charge is 0.235 e. The van der Waals surface area contributed by atoms with E-state index in [2.05, 4.69) is 4.72 Å². The monoisotopic (exact) mass is 267 g/mol. The van der Waals surface area contributed by atoms with Crippen molar-refractivity contribution in [2.75, 3.05) is 17.9 Å². The zero-order valence-electron chi connectivity index (χ0n) is 10.1. The van der Waals surface area contributed by atoms with Crippen molar-refractivity contribution in [3.05, 3.63) is 29.8 Å². The van der Waals surface area contributed by atoms with E-state index in [1.54, 1.807) is 0 Å². The molecule has 0 bridgehead atoms. The Labute approximate surface area is 107 Å². The SMILES string of the molecule is O=S(=O)(Nc1ccc([C@H]2CCOC2)cc1)C1CC1. The summed E-state index contributed by atoms with van der Waals surface area (Å²) < 4.78 is 31.5. The lowest BCUT2D eigenvalue weighted by molar-refractivity contribution is 0.194. The van der Waals surface area contributed by atoms with Gasteiger partial charge in [-0.2, -0.15) is 0 Å². The van der Waals surface area contributed by atoms with Crippen molar-refractivity contribution in [1.82, 2.24) is 0 Å². The molecule has 1 aliphatic carbocycles. The van der Waals surface area contributed by atoms with Crippen molar-refractivity contribution in [2.24, 2.45) is 0 Å². The Morgan fingerprint density at radius 2 is 1.83 bits per heavy atom. The van der Waals surface area contributed by atoms with E-state index in [0.29, 0.717) is 11.6 Å². The average molecular weight is 267 g/mol. The van der Waals surface area contributed by atoms with Crippen LogP contribution in [0.4, 0.5) is 5.69 Å². The van der Waals surface area contributed by atoms with E-state index >= 15 is 0 Å². The lowest BCUT2D eigenvalue weighted by atomic mass is 9.98. The topological polar surface area (TPSA) is 55.4 Å². The molecule has 1 aromatic rings. The van der Waals surface area contributed by atoms with Crippen molar-refractivity contribution < 1.29 is 13.2 Å². The summed E-state index contributed by atoms with van der Waals surface area (Å²) in [6, 6.07) is 7.66. The van der Waals surface area contributed by atoms with E-state index in [9.17, 15) is 8.42 Å². The van der Waals surface area contributed by atoms with Crippen LogP contribution in [0.15, 0.2) is 24.3 Å². The summed E-state index contributed by atoms with van der Waals surface area (Å²) in [6.45, 7) is 1.59. The van der Waals surface area contributed by atoms with Crippen LogP contribution in [0.2, 0.25) is 0 Å². The molecule has 0 aromatic heterocycles. The quantitative estimate of drug-likeness (QED) is 0.909. The fourth-order valence-electron chi connectivity index (χ4n) is 2.25. The standard InChI is InChI=1S/C13H17NO3S/c15-18(16,13-5-6-13)14-12-3-1-10(2-4-12)11-7-8-17-9-11/h1-4,11,13-14H,5-9H2/t11-/m0/s1. The van der Waals surface area contributed by atoms with Crippen LogP contribution >= 0.6 is 0 Å². The minimum absolute atomic E-state index is 0.180. The van der Waals surface area contributed by atoms with Crippen molar-refractivity contribution in [2.45, 2.75) is 30.4 Å².